The van der Waals surface area contributed by atoms with Crippen molar-refractivity contribution in [2.45, 2.75) is 86.0 Å². The molecule has 13 unspecified atom stereocenters. The number of rotatable bonds is 9. The molecule has 15 N–H and O–H groups in total. The second kappa shape index (κ2) is 12.3. The van der Waals surface area contributed by atoms with Crippen molar-refractivity contribution in [3.63, 3.8) is 0 Å². The van der Waals surface area contributed by atoms with Crippen molar-refractivity contribution in [1.82, 2.24) is 16.0 Å². The highest BCUT2D eigenvalue weighted by Crippen LogP contribution is 2.37. The summed E-state index contributed by atoms with van der Waals surface area (Å²) in [5.74, 6) is -1.62. The molecule has 0 aromatic carbocycles. The van der Waals surface area contributed by atoms with Crippen LogP contribution >= 0.6 is 0 Å². The maximum absolute atomic E-state index is 12.0. The third-order valence-electron chi connectivity index (χ3n) is 7.01. The molecule has 0 aromatic rings. The molecule has 2 fully saturated rings. The van der Waals surface area contributed by atoms with Crippen LogP contribution in [0.15, 0.2) is 11.8 Å². The number of likely N-dealkylation sites (N-methyl/N-ethyl adjacent to an activating group) is 1. The van der Waals surface area contributed by atoms with E-state index in [1.165, 1.54) is 14.0 Å². The van der Waals surface area contributed by atoms with Crippen LogP contribution in [0, 0.1) is 10.8 Å². The maximum Gasteiger partial charge on any atom is 0.188 e. The van der Waals surface area contributed by atoms with E-state index in [1.807, 2.05) is 0 Å². The highest BCUT2D eigenvalue weighted by atomic mass is 16.8. The van der Waals surface area contributed by atoms with Gasteiger partial charge in [-0.3, -0.25) is 15.6 Å². The Morgan fingerprint density at radius 2 is 1.72 bits per heavy atom. The lowest BCUT2D eigenvalue weighted by Gasteiger charge is -2.44. The van der Waals surface area contributed by atoms with Gasteiger partial charge >= 0.3 is 0 Å². The van der Waals surface area contributed by atoms with Crippen LogP contribution < -0.4 is 27.4 Å². The molecule has 2 heterocycles. The summed E-state index contributed by atoms with van der Waals surface area (Å²) in [7, 11) is 1.43. The number of hydrogen-bond acceptors (Lipinski definition) is 14. The summed E-state index contributed by atoms with van der Waals surface area (Å²) < 4.78 is 23.0. The number of aliphatic hydroxyl groups excluding tert-OH is 5. The van der Waals surface area contributed by atoms with Gasteiger partial charge in [0.05, 0.1) is 30.8 Å². The van der Waals surface area contributed by atoms with Gasteiger partial charge in [0.25, 0.3) is 0 Å². The van der Waals surface area contributed by atoms with Crippen LogP contribution in [0.25, 0.3) is 0 Å². The van der Waals surface area contributed by atoms with Crippen LogP contribution in [-0.2, 0) is 23.7 Å². The molecule has 2 aliphatic heterocycles. The number of nitrogens with two attached hydrogens (primary N) is 2. The summed E-state index contributed by atoms with van der Waals surface area (Å²) in [4.78, 5) is 12.0. The van der Waals surface area contributed by atoms with Gasteiger partial charge < -0.3 is 77.0 Å². The van der Waals surface area contributed by atoms with E-state index in [2.05, 4.69) is 16.0 Å². The van der Waals surface area contributed by atoms with Crippen LogP contribution in [0.2, 0.25) is 0 Å². The van der Waals surface area contributed by atoms with Crippen molar-refractivity contribution in [2.75, 3.05) is 13.7 Å². The van der Waals surface area contributed by atoms with E-state index in [1.54, 1.807) is 0 Å². The van der Waals surface area contributed by atoms with Crippen molar-refractivity contribution < 1.29 is 54.4 Å². The molecule has 39 heavy (non-hydrogen) atoms. The van der Waals surface area contributed by atoms with Crippen LogP contribution in [-0.4, -0.2) is 142 Å². The molecule has 2 saturated heterocycles. The van der Waals surface area contributed by atoms with Crippen LogP contribution in [0.4, 0.5) is 0 Å². The Bertz CT molecular complexity index is 944. The summed E-state index contributed by atoms with van der Waals surface area (Å²) in [6.07, 6.45) is -11.9. The Hall–Kier alpha value is -2.65. The second-order valence-corrected chi connectivity index (χ2v) is 9.54. The molecule has 222 valence electrons. The fraction of sp³-hybridized carbons (Fsp3) is 0.762. The van der Waals surface area contributed by atoms with Crippen LogP contribution in [0.3, 0.4) is 0 Å². The van der Waals surface area contributed by atoms with Crippen molar-refractivity contribution in [3.8, 4) is 0 Å². The first kappa shape index (κ1) is 30.9. The van der Waals surface area contributed by atoms with Crippen molar-refractivity contribution in [1.29, 1.82) is 10.8 Å². The van der Waals surface area contributed by atoms with E-state index < -0.39 is 103 Å². The van der Waals surface area contributed by atoms with Crippen molar-refractivity contribution in [3.05, 3.63) is 11.8 Å². The molecule has 0 amide bonds. The second-order valence-electron chi connectivity index (χ2n) is 9.54. The minimum Gasteiger partial charge on any atom is -0.510 e. The first-order chi connectivity index (χ1) is 18.3. The van der Waals surface area contributed by atoms with Gasteiger partial charge in [-0.1, -0.05) is 0 Å². The molecule has 3 rings (SSSR count). The van der Waals surface area contributed by atoms with E-state index in [-0.39, 0.29) is 6.29 Å². The first-order valence-corrected chi connectivity index (χ1v) is 12.0. The minimum absolute atomic E-state index is 0.168. The fourth-order valence-electron chi connectivity index (χ4n) is 4.83. The summed E-state index contributed by atoms with van der Waals surface area (Å²) in [5.41, 5.74) is 8.46. The van der Waals surface area contributed by atoms with Crippen LogP contribution in [0.5, 0.6) is 0 Å². The Morgan fingerprint density at radius 3 is 2.26 bits per heavy atom. The van der Waals surface area contributed by atoms with Gasteiger partial charge in [0.2, 0.25) is 0 Å². The first-order valence-electron chi connectivity index (χ1n) is 12.0. The topological polar surface area (TPSA) is 311 Å². The van der Waals surface area contributed by atoms with Gasteiger partial charge in [-0.2, -0.15) is 0 Å². The number of nitrogens with one attached hydrogen (secondary N) is 5. The Kier molecular flexibility index (Phi) is 9.70. The standard InChI is InChI=1S/C21H37N7O11/c1-6-21(35,5-30)16(39-17-11(26-2)14(34)13(33)9(4-29)37-17)18(36-6)38-15-8(31)3-7(27-19(22)23)12(32)10(15)28-20(24)25/h3,5-7,9-18,26,29,31-35H,4H2,1-2H3,(H4,22,23,27)(H4,24,25,28). The van der Waals surface area contributed by atoms with Gasteiger partial charge in [0.1, 0.15) is 42.4 Å². The smallest absolute Gasteiger partial charge is 0.188 e. The van der Waals surface area contributed by atoms with Gasteiger partial charge in [-0.15, -0.1) is 0 Å². The molecular weight excluding hydrogens is 526 g/mol. The molecule has 18 heteroatoms. The highest BCUT2D eigenvalue weighted by Gasteiger charge is 2.59. The molecule has 0 spiro atoms. The SMILES string of the molecule is CNC1C(OC2C(OC3C(O)=CC(NC(=N)N)C(O)C3NC(=N)N)OC(C)C2(O)C=O)OC(CO)C(O)C1O. The number of aldehydes is 1. The molecule has 3 aliphatic rings. The maximum atomic E-state index is 12.0. The fourth-order valence-corrected chi connectivity index (χ4v) is 4.83. The molecule has 0 bridgehead atoms. The quantitative estimate of drug-likeness (QED) is 0.0705. The predicted octanol–water partition coefficient (Wildman–Crippen LogP) is -6.02. The molecule has 18 nitrogen and oxygen atoms in total. The van der Waals surface area contributed by atoms with E-state index in [4.69, 9.17) is 41.2 Å². The average Bonchev–Trinajstić information content (AvgIpc) is 3.10. The van der Waals surface area contributed by atoms with Gasteiger partial charge in [0.15, 0.2) is 36.4 Å². The average molecular weight is 564 g/mol. The van der Waals surface area contributed by atoms with E-state index in [0.717, 1.165) is 6.08 Å². The number of ether oxygens (including phenoxy) is 4. The summed E-state index contributed by atoms with van der Waals surface area (Å²) in [5, 5.41) is 85.6. The summed E-state index contributed by atoms with van der Waals surface area (Å²) in [6, 6.07) is -3.50. The third-order valence-corrected chi connectivity index (χ3v) is 7.01. The zero-order valence-corrected chi connectivity index (χ0v) is 21.2. The summed E-state index contributed by atoms with van der Waals surface area (Å²) in [6.45, 7) is 0.667. The van der Waals surface area contributed by atoms with E-state index in [9.17, 15) is 35.4 Å². The Morgan fingerprint density at radius 1 is 1.08 bits per heavy atom. The molecule has 1 aliphatic carbocycles. The molecule has 0 radical (unpaired) electrons. The Labute approximate surface area is 222 Å². The lowest BCUT2D eigenvalue weighted by atomic mass is 9.89. The third kappa shape index (κ3) is 6.09. The number of guanidine groups is 2. The highest BCUT2D eigenvalue weighted by molar-refractivity contribution is 5.76. The zero-order valence-electron chi connectivity index (χ0n) is 21.2. The molecule has 0 saturated carbocycles. The summed E-state index contributed by atoms with van der Waals surface area (Å²) >= 11 is 0. The zero-order chi connectivity index (χ0) is 29.2. The van der Waals surface area contributed by atoms with E-state index in [0.29, 0.717) is 0 Å². The van der Waals surface area contributed by atoms with Crippen LogP contribution in [0.1, 0.15) is 6.92 Å². The molecular formula is C21H37N7O11. The van der Waals surface area contributed by atoms with Crippen molar-refractivity contribution in [2.24, 2.45) is 11.5 Å². The predicted molar refractivity (Wildman–Crippen MR) is 130 cm³/mol. The molecule has 13 atom stereocenters. The number of aliphatic hydroxyl groups is 6. The number of carbonyl (C=O) groups is 1. The lowest BCUT2D eigenvalue weighted by molar-refractivity contribution is -0.309. The monoisotopic (exact) mass is 563 g/mol. The van der Waals surface area contributed by atoms with Crippen molar-refractivity contribution >= 4 is 18.2 Å². The molecule has 0 aromatic heterocycles. The van der Waals surface area contributed by atoms with Gasteiger partial charge in [0, 0.05) is 0 Å². The van der Waals surface area contributed by atoms with Gasteiger partial charge in [-0.25, -0.2) is 0 Å². The number of carbonyl (C=O) groups excluding carboxylic acids is 1. The normalized spacial score (nSPS) is 44.3. The largest absolute Gasteiger partial charge is 0.510 e. The lowest BCUT2D eigenvalue weighted by Crippen LogP contribution is -2.66. The number of hydrogen-bond donors (Lipinski definition) is 13. The van der Waals surface area contributed by atoms with Gasteiger partial charge in [-0.05, 0) is 20.0 Å². The Balaban J connectivity index is 1.94. The minimum atomic E-state index is -2.34. The van der Waals surface area contributed by atoms with E-state index >= 15 is 0 Å².